The molecule has 1 fully saturated rings. The Hall–Kier alpha value is -2.92. The molecule has 0 aliphatic carbocycles. The molecule has 0 saturated carbocycles. The molecule has 1 N–H and O–H groups in total. The summed E-state index contributed by atoms with van der Waals surface area (Å²) < 4.78 is 45.3. The third kappa shape index (κ3) is 3.22. The number of hydrogen-bond donors (Lipinski definition) is 1. The average Bonchev–Trinajstić information content (AvgIpc) is 3.21. The van der Waals surface area contributed by atoms with Crippen molar-refractivity contribution in [2.75, 3.05) is 0 Å². The Kier molecular flexibility index (Phi) is 4.28. The van der Waals surface area contributed by atoms with Crippen molar-refractivity contribution in [3.05, 3.63) is 29.2 Å². The molecule has 2 aromatic heterocycles. The number of carbonyl (C=O) groups is 2. The molecule has 1 aliphatic heterocycles. The highest BCUT2D eigenvalue weighted by Crippen LogP contribution is 2.33. The Balaban J connectivity index is 1.85. The lowest BCUT2D eigenvalue weighted by Gasteiger charge is -2.20. The number of nitrogens with zero attached hydrogens (tertiary/aromatic N) is 5. The van der Waals surface area contributed by atoms with E-state index in [0.29, 0.717) is 0 Å². The van der Waals surface area contributed by atoms with Crippen LogP contribution in [0.1, 0.15) is 50.7 Å². The molecule has 1 aliphatic rings. The Labute approximate surface area is 157 Å². The van der Waals surface area contributed by atoms with Gasteiger partial charge < -0.3 is 9.84 Å². The van der Waals surface area contributed by atoms with Crippen LogP contribution in [0.4, 0.5) is 18.0 Å². The van der Waals surface area contributed by atoms with Crippen LogP contribution < -0.4 is 5.32 Å². The molecule has 3 rings (SSSR count). The zero-order valence-corrected chi connectivity index (χ0v) is 15.9. The molecule has 28 heavy (non-hydrogen) atoms. The summed E-state index contributed by atoms with van der Waals surface area (Å²) in [7, 11) is 0. The zero-order valence-electron chi connectivity index (χ0n) is 15.9. The summed E-state index contributed by atoms with van der Waals surface area (Å²) in [5.41, 5.74) is -3.26. The van der Waals surface area contributed by atoms with E-state index in [1.165, 1.54) is 13.1 Å². The number of halogens is 3. The van der Waals surface area contributed by atoms with E-state index in [4.69, 9.17) is 4.52 Å². The maximum absolute atomic E-state index is 13.0. The van der Waals surface area contributed by atoms with Crippen molar-refractivity contribution in [3.63, 3.8) is 0 Å². The quantitative estimate of drug-likeness (QED) is 0.789. The molecular formula is C16H19F3N6O3. The minimum Gasteiger partial charge on any atom is -0.337 e. The van der Waals surface area contributed by atoms with Crippen LogP contribution in [0, 0.1) is 6.92 Å². The highest BCUT2D eigenvalue weighted by Gasteiger charge is 2.45. The molecule has 0 radical (unpaired) electrons. The Morgan fingerprint density at radius 3 is 2.39 bits per heavy atom. The second-order valence-electron chi connectivity index (χ2n) is 7.62. The fraction of sp³-hybridized carbons (Fsp3) is 0.562. The predicted molar refractivity (Wildman–Crippen MR) is 87.8 cm³/mol. The van der Waals surface area contributed by atoms with E-state index in [2.05, 4.69) is 20.6 Å². The molecule has 0 unspecified atom stereocenters. The Bertz CT molecular complexity index is 944. The zero-order chi connectivity index (χ0) is 21.1. The number of alkyl halides is 3. The van der Waals surface area contributed by atoms with Gasteiger partial charge in [0.15, 0.2) is 11.5 Å². The Morgan fingerprint density at radius 1 is 1.25 bits per heavy atom. The van der Waals surface area contributed by atoms with E-state index in [-0.39, 0.29) is 23.8 Å². The van der Waals surface area contributed by atoms with Gasteiger partial charge in [0.1, 0.15) is 11.1 Å². The normalized spacial score (nSPS) is 17.4. The predicted octanol–water partition coefficient (Wildman–Crippen LogP) is 2.21. The van der Waals surface area contributed by atoms with Crippen molar-refractivity contribution < 1.29 is 27.3 Å². The topological polar surface area (TPSA) is 106 Å². The van der Waals surface area contributed by atoms with Crippen LogP contribution >= 0.6 is 0 Å². The van der Waals surface area contributed by atoms with E-state index < -0.39 is 34.9 Å². The molecule has 9 nitrogen and oxygen atoms in total. The lowest BCUT2D eigenvalue weighted by atomic mass is 10.1. The molecular weight excluding hydrogens is 381 g/mol. The monoisotopic (exact) mass is 400 g/mol. The standard InChI is InChI=1S/C16H19F3N6O3/c1-8-6-25(22-10(8)16(17,18)19)15(4,5)11-20-9(23-28-11)7-24-12(26)14(2,3)21-13(24)27/h6H,7H2,1-5H3,(H,21,27). The fourth-order valence-electron chi connectivity index (χ4n) is 2.79. The summed E-state index contributed by atoms with van der Waals surface area (Å²) >= 11 is 0. The lowest BCUT2D eigenvalue weighted by Crippen LogP contribution is -2.40. The van der Waals surface area contributed by atoms with Gasteiger partial charge in [-0.3, -0.25) is 14.4 Å². The van der Waals surface area contributed by atoms with Crippen LogP contribution in [0.3, 0.4) is 0 Å². The van der Waals surface area contributed by atoms with Crippen LogP contribution in [-0.2, 0) is 23.1 Å². The fourth-order valence-corrected chi connectivity index (χ4v) is 2.79. The van der Waals surface area contributed by atoms with E-state index in [9.17, 15) is 22.8 Å². The molecule has 12 heteroatoms. The number of aryl methyl sites for hydroxylation is 1. The van der Waals surface area contributed by atoms with Crippen LogP contribution in [0.2, 0.25) is 0 Å². The van der Waals surface area contributed by atoms with Crippen LogP contribution in [0.25, 0.3) is 0 Å². The summed E-state index contributed by atoms with van der Waals surface area (Å²) in [6.07, 6.45) is -3.34. The summed E-state index contributed by atoms with van der Waals surface area (Å²) in [6.45, 7) is 7.34. The number of rotatable bonds is 4. The first kappa shape index (κ1) is 19.8. The van der Waals surface area contributed by atoms with Crippen molar-refractivity contribution >= 4 is 11.9 Å². The van der Waals surface area contributed by atoms with Gasteiger partial charge in [-0.1, -0.05) is 5.16 Å². The second kappa shape index (κ2) is 6.04. The second-order valence-corrected chi connectivity index (χ2v) is 7.62. The smallest absolute Gasteiger partial charge is 0.337 e. The molecule has 3 heterocycles. The molecule has 1 saturated heterocycles. The largest absolute Gasteiger partial charge is 0.435 e. The SMILES string of the molecule is Cc1cn(C(C)(C)c2nc(CN3C(=O)NC(C)(C)C3=O)no2)nc1C(F)(F)F. The van der Waals surface area contributed by atoms with Gasteiger partial charge in [0.05, 0.1) is 6.54 Å². The maximum atomic E-state index is 13.0. The summed E-state index contributed by atoms with van der Waals surface area (Å²) in [4.78, 5) is 29.3. The average molecular weight is 400 g/mol. The van der Waals surface area contributed by atoms with Gasteiger partial charge in [0, 0.05) is 6.20 Å². The number of aromatic nitrogens is 4. The van der Waals surface area contributed by atoms with Gasteiger partial charge >= 0.3 is 12.2 Å². The number of hydrogen-bond acceptors (Lipinski definition) is 6. The number of carbonyl (C=O) groups excluding carboxylic acids is 2. The number of amides is 3. The van der Waals surface area contributed by atoms with Gasteiger partial charge in [-0.15, -0.1) is 0 Å². The molecule has 0 atom stereocenters. The number of imide groups is 1. The van der Waals surface area contributed by atoms with Crippen LogP contribution in [-0.4, -0.2) is 42.3 Å². The number of nitrogens with one attached hydrogen (secondary N) is 1. The van der Waals surface area contributed by atoms with E-state index in [0.717, 1.165) is 9.58 Å². The molecule has 2 aromatic rings. The van der Waals surface area contributed by atoms with Gasteiger partial charge in [-0.05, 0) is 40.2 Å². The van der Waals surface area contributed by atoms with Crippen LogP contribution in [0.15, 0.2) is 10.7 Å². The van der Waals surface area contributed by atoms with E-state index >= 15 is 0 Å². The first-order valence-corrected chi connectivity index (χ1v) is 8.34. The summed E-state index contributed by atoms with van der Waals surface area (Å²) in [5.74, 6) is -0.408. The van der Waals surface area contributed by atoms with E-state index in [1.54, 1.807) is 27.7 Å². The highest BCUT2D eigenvalue weighted by molar-refractivity contribution is 6.06. The molecule has 0 bridgehead atoms. The minimum atomic E-state index is -4.58. The maximum Gasteiger partial charge on any atom is 0.435 e. The van der Waals surface area contributed by atoms with Gasteiger partial charge in [-0.25, -0.2) is 4.79 Å². The first-order chi connectivity index (χ1) is 12.7. The number of urea groups is 1. The van der Waals surface area contributed by atoms with Crippen LogP contribution in [0.5, 0.6) is 0 Å². The van der Waals surface area contributed by atoms with Crippen molar-refractivity contribution in [1.29, 1.82) is 0 Å². The molecule has 0 spiro atoms. The van der Waals surface area contributed by atoms with Gasteiger partial charge in [0.2, 0.25) is 0 Å². The minimum absolute atomic E-state index is 0.00922. The van der Waals surface area contributed by atoms with Crippen molar-refractivity contribution in [3.8, 4) is 0 Å². The molecule has 152 valence electrons. The van der Waals surface area contributed by atoms with Gasteiger partial charge in [-0.2, -0.15) is 23.3 Å². The van der Waals surface area contributed by atoms with E-state index in [1.807, 2.05) is 0 Å². The summed E-state index contributed by atoms with van der Waals surface area (Å²) in [6, 6.07) is -0.585. The molecule has 0 aromatic carbocycles. The van der Waals surface area contributed by atoms with Crippen molar-refractivity contribution in [2.45, 2.75) is 58.4 Å². The third-order valence-electron chi connectivity index (χ3n) is 4.47. The van der Waals surface area contributed by atoms with Gasteiger partial charge in [0.25, 0.3) is 11.8 Å². The third-order valence-corrected chi connectivity index (χ3v) is 4.47. The van der Waals surface area contributed by atoms with Crippen molar-refractivity contribution in [1.82, 2.24) is 30.1 Å². The highest BCUT2D eigenvalue weighted by atomic mass is 19.4. The van der Waals surface area contributed by atoms with Crippen molar-refractivity contribution in [2.24, 2.45) is 0 Å². The summed E-state index contributed by atoms with van der Waals surface area (Å²) in [5, 5.41) is 9.89. The molecule has 3 amide bonds. The Morgan fingerprint density at radius 2 is 1.89 bits per heavy atom. The lowest BCUT2D eigenvalue weighted by molar-refractivity contribution is -0.142. The first-order valence-electron chi connectivity index (χ1n) is 8.34.